The number of nitrogens with one attached hydrogen (secondary N) is 1. The Morgan fingerprint density at radius 1 is 1.40 bits per heavy atom. The van der Waals surface area contributed by atoms with Crippen LogP contribution in [0.2, 0.25) is 0 Å². The molecule has 2 atom stereocenters. The molecule has 1 amide bonds. The highest BCUT2D eigenvalue weighted by molar-refractivity contribution is 5.95. The zero-order valence-corrected chi connectivity index (χ0v) is 11.7. The smallest absolute Gasteiger partial charge is 0.306 e. The van der Waals surface area contributed by atoms with Crippen molar-refractivity contribution in [2.24, 2.45) is 5.92 Å². The average molecular weight is 277 g/mol. The number of carbonyl (C=O) groups is 2. The Hall–Kier alpha value is -1.98. The van der Waals surface area contributed by atoms with Crippen LogP contribution >= 0.6 is 0 Å². The van der Waals surface area contributed by atoms with Crippen molar-refractivity contribution < 1.29 is 14.7 Å². The molecule has 0 radical (unpaired) electrons. The van der Waals surface area contributed by atoms with Crippen molar-refractivity contribution in [2.75, 3.05) is 0 Å². The van der Waals surface area contributed by atoms with E-state index in [0.717, 1.165) is 0 Å². The molecule has 6 nitrogen and oxygen atoms in total. The molecular formula is C14H19N3O3. The summed E-state index contributed by atoms with van der Waals surface area (Å²) in [6.07, 6.45) is 4.76. The number of aliphatic carboxylic acids is 1. The molecule has 0 aromatic carbocycles. The maximum absolute atomic E-state index is 12.3. The van der Waals surface area contributed by atoms with Crippen LogP contribution in [-0.4, -0.2) is 33.0 Å². The van der Waals surface area contributed by atoms with E-state index in [-0.39, 0.29) is 23.8 Å². The second kappa shape index (κ2) is 5.98. The van der Waals surface area contributed by atoms with Crippen LogP contribution in [0, 0.1) is 5.92 Å². The van der Waals surface area contributed by atoms with E-state index < -0.39 is 5.97 Å². The third kappa shape index (κ3) is 3.12. The molecule has 6 heteroatoms. The first-order valence-electron chi connectivity index (χ1n) is 6.82. The van der Waals surface area contributed by atoms with Crippen molar-refractivity contribution in [1.82, 2.24) is 15.3 Å². The van der Waals surface area contributed by atoms with Gasteiger partial charge in [0.1, 0.15) is 6.33 Å². The highest BCUT2D eigenvalue weighted by Crippen LogP contribution is 2.26. The SMILES string of the molecule is CC(C)c1ncncc1C(=O)N[C@@H]1CC[C@H](C(=O)O)C1. The van der Waals surface area contributed by atoms with Gasteiger partial charge < -0.3 is 10.4 Å². The van der Waals surface area contributed by atoms with Gasteiger partial charge in [-0.1, -0.05) is 13.8 Å². The number of hydrogen-bond donors (Lipinski definition) is 2. The Labute approximate surface area is 117 Å². The van der Waals surface area contributed by atoms with E-state index in [1.54, 1.807) is 0 Å². The quantitative estimate of drug-likeness (QED) is 0.871. The van der Waals surface area contributed by atoms with Crippen LogP contribution in [0.25, 0.3) is 0 Å². The zero-order valence-electron chi connectivity index (χ0n) is 11.7. The van der Waals surface area contributed by atoms with E-state index in [4.69, 9.17) is 5.11 Å². The van der Waals surface area contributed by atoms with Crippen LogP contribution in [0.1, 0.15) is 55.1 Å². The van der Waals surface area contributed by atoms with Gasteiger partial charge in [0.2, 0.25) is 0 Å². The molecular weight excluding hydrogens is 258 g/mol. The molecule has 2 rings (SSSR count). The number of aromatic nitrogens is 2. The maximum Gasteiger partial charge on any atom is 0.306 e. The topological polar surface area (TPSA) is 92.2 Å². The summed E-state index contributed by atoms with van der Waals surface area (Å²) >= 11 is 0. The molecule has 1 aliphatic carbocycles. The molecule has 0 saturated heterocycles. The van der Waals surface area contributed by atoms with E-state index >= 15 is 0 Å². The first-order valence-corrected chi connectivity index (χ1v) is 6.82. The summed E-state index contributed by atoms with van der Waals surface area (Å²) in [5.41, 5.74) is 1.19. The third-order valence-electron chi connectivity index (χ3n) is 3.65. The van der Waals surface area contributed by atoms with Crippen molar-refractivity contribution in [3.05, 3.63) is 23.8 Å². The van der Waals surface area contributed by atoms with Crippen LogP contribution in [0.4, 0.5) is 0 Å². The number of rotatable bonds is 4. The Morgan fingerprint density at radius 2 is 2.15 bits per heavy atom. The fraction of sp³-hybridized carbons (Fsp3) is 0.571. The monoisotopic (exact) mass is 277 g/mol. The van der Waals surface area contributed by atoms with Crippen molar-refractivity contribution in [2.45, 2.75) is 45.1 Å². The number of amides is 1. The van der Waals surface area contributed by atoms with Gasteiger partial charge in [0.25, 0.3) is 5.91 Å². The number of carboxylic acid groups (broad SMARTS) is 1. The summed E-state index contributed by atoms with van der Waals surface area (Å²) in [4.78, 5) is 31.2. The molecule has 0 bridgehead atoms. The zero-order chi connectivity index (χ0) is 14.7. The van der Waals surface area contributed by atoms with Crippen molar-refractivity contribution >= 4 is 11.9 Å². The summed E-state index contributed by atoms with van der Waals surface area (Å²) in [6.45, 7) is 3.93. The Bertz CT molecular complexity index is 516. The van der Waals surface area contributed by atoms with Crippen LogP contribution < -0.4 is 5.32 Å². The molecule has 0 unspecified atom stereocenters. The van der Waals surface area contributed by atoms with Gasteiger partial charge in [-0.15, -0.1) is 0 Å². The summed E-state index contributed by atoms with van der Waals surface area (Å²) in [5, 5.41) is 11.9. The fourth-order valence-corrected chi connectivity index (χ4v) is 2.57. The van der Waals surface area contributed by atoms with E-state index in [0.29, 0.717) is 30.5 Å². The maximum atomic E-state index is 12.3. The molecule has 1 aliphatic rings. The minimum Gasteiger partial charge on any atom is -0.481 e. The minimum atomic E-state index is -0.785. The second-order valence-electron chi connectivity index (χ2n) is 5.49. The van der Waals surface area contributed by atoms with Crippen molar-refractivity contribution in [3.63, 3.8) is 0 Å². The number of carbonyl (C=O) groups excluding carboxylic acids is 1. The molecule has 1 heterocycles. The summed E-state index contributed by atoms with van der Waals surface area (Å²) < 4.78 is 0. The van der Waals surface area contributed by atoms with Gasteiger partial charge in [-0.3, -0.25) is 9.59 Å². The van der Waals surface area contributed by atoms with Gasteiger partial charge in [0, 0.05) is 12.2 Å². The van der Waals surface area contributed by atoms with Gasteiger partial charge in [-0.05, 0) is 25.2 Å². The highest BCUT2D eigenvalue weighted by Gasteiger charge is 2.31. The van der Waals surface area contributed by atoms with Gasteiger partial charge in [0.15, 0.2) is 0 Å². The van der Waals surface area contributed by atoms with E-state index in [1.807, 2.05) is 13.8 Å². The predicted molar refractivity (Wildman–Crippen MR) is 72.4 cm³/mol. The first-order chi connectivity index (χ1) is 9.49. The molecule has 1 saturated carbocycles. The van der Waals surface area contributed by atoms with Crippen LogP contribution in [0.3, 0.4) is 0 Å². The van der Waals surface area contributed by atoms with E-state index in [2.05, 4.69) is 15.3 Å². The van der Waals surface area contributed by atoms with Gasteiger partial charge in [-0.2, -0.15) is 0 Å². The Balaban J connectivity index is 2.05. The molecule has 20 heavy (non-hydrogen) atoms. The lowest BCUT2D eigenvalue weighted by Crippen LogP contribution is -2.34. The molecule has 108 valence electrons. The predicted octanol–water partition coefficient (Wildman–Crippen LogP) is 1.58. The standard InChI is InChI=1S/C14H19N3O3/c1-8(2)12-11(6-15-7-16-12)13(18)17-10-4-3-9(5-10)14(19)20/h6-10H,3-5H2,1-2H3,(H,17,18)(H,19,20)/t9-,10+/m0/s1. The fourth-order valence-electron chi connectivity index (χ4n) is 2.57. The van der Waals surface area contributed by atoms with Gasteiger partial charge in [-0.25, -0.2) is 9.97 Å². The molecule has 2 N–H and O–H groups in total. The van der Waals surface area contributed by atoms with Crippen LogP contribution in [0.5, 0.6) is 0 Å². The molecule has 1 fully saturated rings. The van der Waals surface area contributed by atoms with E-state index in [1.165, 1.54) is 12.5 Å². The van der Waals surface area contributed by atoms with Crippen LogP contribution in [-0.2, 0) is 4.79 Å². The first kappa shape index (κ1) is 14.4. The molecule has 0 aliphatic heterocycles. The number of nitrogens with zero attached hydrogens (tertiary/aromatic N) is 2. The Kier molecular flexibility index (Phi) is 4.32. The van der Waals surface area contributed by atoms with Crippen molar-refractivity contribution in [1.29, 1.82) is 0 Å². The van der Waals surface area contributed by atoms with Gasteiger partial charge >= 0.3 is 5.97 Å². The van der Waals surface area contributed by atoms with Gasteiger partial charge in [0.05, 0.1) is 17.2 Å². The third-order valence-corrected chi connectivity index (χ3v) is 3.65. The van der Waals surface area contributed by atoms with Crippen molar-refractivity contribution in [3.8, 4) is 0 Å². The minimum absolute atomic E-state index is 0.0798. The molecule has 1 aromatic heterocycles. The normalized spacial score (nSPS) is 21.9. The number of hydrogen-bond acceptors (Lipinski definition) is 4. The highest BCUT2D eigenvalue weighted by atomic mass is 16.4. The largest absolute Gasteiger partial charge is 0.481 e. The summed E-state index contributed by atoms with van der Waals surface area (Å²) in [7, 11) is 0. The lowest BCUT2D eigenvalue weighted by Gasteiger charge is -2.15. The van der Waals surface area contributed by atoms with E-state index in [9.17, 15) is 9.59 Å². The second-order valence-corrected chi connectivity index (χ2v) is 5.49. The van der Waals surface area contributed by atoms with Crippen LogP contribution in [0.15, 0.2) is 12.5 Å². The molecule has 0 spiro atoms. The summed E-state index contributed by atoms with van der Waals surface area (Å²) in [6, 6.07) is -0.0798. The lowest BCUT2D eigenvalue weighted by atomic mass is 10.0. The number of carboxylic acids is 1. The Morgan fingerprint density at radius 3 is 2.75 bits per heavy atom. The average Bonchev–Trinajstić information content (AvgIpc) is 2.87. The summed E-state index contributed by atoms with van der Waals surface area (Å²) in [5.74, 6) is -1.22. The lowest BCUT2D eigenvalue weighted by molar-refractivity contribution is -0.141. The molecule has 1 aromatic rings.